The van der Waals surface area contributed by atoms with Gasteiger partial charge in [0.2, 0.25) is 0 Å². The smallest absolute Gasteiger partial charge is 0.272 e. The van der Waals surface area contributed by atoms with E-state index in [9.17, 15) is 4.79 Å². The number of benzene rings is 1. The van der Waals surface area contributed by atoms with E-state index in [-0.39, 0.29) is 11.9 Å². The van der Waals surface area contributed by atoms with Crippen molar-refractivity contribution in [2.75, 3.05) is 18.5 Å². The molecule has 2 aromatic rings. The Morgan fingerprint density at radius 3 is 2.46 bits per heavy atom. The number of nitrogens with zero attached hydrogens (tertiary/aromatic N) is 4. The normalized spacial score (nSPS) is 10.8. The Balaban J connectivity index is 2.29. The molecule has 0 bridgehead atoms. The highest BCUT2D eigenvalue weighted by molar-refractivity contribution is 5.92. The molecule has 0 atom stereocenters. The van der Waals surface area contributed by atoms with Crippen molar-refractivity contribution in [3.05, 3.63) is 53.5 Å². The number of unbranched alkanes of at least 4 members (excludes halogenated alkanes) is 1. The van der Waals surface area contributed by atoms with Gasteiger partial charge in [0.05, 0.1) is 0 Å². The second-order valence-corrected chi connectivity index (χ2v) is 6.95. The first-order valence-electron chi connectivity index (χ1n) is 9.34. The molecule has 140 valence electrons. The average Bonchev–Trinajstić information content (AvgIpc) is 2.63. The van der Waals surface area contributed by atoms with Gasteiger partial charge < -0.3 is 9.80 Å². The number of aromatic nitrogens is 2. The first-order valence-corrected chi connectivity index (χ1v) is 9.34. The Morgan fingerprint density at radius 1 is 1.15 bits per heavy atom. The van der Waals surface area contributed by atoms with Crippen molar-refractivity contribution in [3.63, 3.8) is 0 Å². The molecule has 0 fully saturated rings. The number of aryl methyl sites for hydroxylation is 1. The molecule has 5 heteroatoms. The molecule has 0 aliphatic carbocycles. The third-order valence-corrected chi connectivity index (χ3v) is 4.35. The molecular weight excluding hydrogens is 324 g/mol. The number of carbonyl (C=O) groups is 1. The van der Waals surface area contributed by atoms with Crippen molar-refractivity contribution >= 4 is 11.7 Å². The molecular formula is C21H30N4O. The van der Waals surface area contributed by atoms with E-state index >= 15 is 0 Å². The summed E-state index contributed by atoms with van der Waals surface area (Å²) >= 11 is 0. The third-order valence-electron chi connectivity index (χ3n) is 4.35. The standard InChI is InChI=1S/C21H30N4O/c1-6-7-13-24(5)21(26)19-14-20(23-17(4)22-19)25(16(2)3)15-18-11-9-8-10-12-18/h8-12,14,16H,6-7,13,15H2,1-5H3. The Hall–Kier alpha value is -2.43. The lowest BCUT2D eigenvalue weighted by Gasteiger charge is -2.28. The van der Waals surface area contributed by atoms with Gasteiger partial charge >= 0.3 is 0 Å². The minimum atomic E-state index is -0.0476. The van der Waals surface area contributed by atoms with Gasteiger partial charge in [0.1, 0.15) is 17.3 Å². The fourth-order valence-corrected chi connectivity index (χ4v) is 2.81. The van der Waals surface area contributed by atoms with Gasteiger partial charge in [0, 0.05) is 32.2 Å². The van der Waals surface area contributed by atoms with E-state index in [0.29, 0.717) is 11.5 Å². The van der Waals surface area contributed by atoms with Crippen LogP contribution in [0.2, 0.25) is 0 Å². The number of carbonyl (C=O) groups excluding carboxylic acids is 1. The van der Waals surface area contributed by atoms with Gasteiger partial charge in [0.15, 0.2) is 0 Å². The molecule has 2 rings (SSSR count). The van der Waals surface area contributed by atoms with Gasteiger partial charge in [-0.15, -0.1) is 0 Å². The van der Waals surface area contributed by atoms with E-state index in [1.54, 1.807) is 4.90 Å². The highest BCUT2D eigenvalue weighted by Gasteiger charge is 2.19. The van der Waals surface area contributed by atoms with E-state index < -0.39 is 0 Å². The largest absolute Gasteiger partial charge is 0.350 e. The number of hydrogen-bond acceptors (Lipinski definition) is 4. The average molecular weight is 354 g/mol. The molecule has 0 saturated heterocycles. The number of amides is 1. The van der Waals surface area contributed by atoms with Crippen LogP contribution in [0.25, 0.3) is 0 Å². The fourth-order valence-electron chi connectivity index (χ4n) is 2.81. The zero-order valence-electron chi connectivity index (χ0n) is 16.6. The van der Waals surface area contributed by atoms with Gasteiger partial charge in [-0.3, -0.25) is 4.79 Å². The molecule has 0 aliphatic heterocycles. The summed E-state index contributed by atoms with van der Waals surface area (Å²) < 4.78 is 0. The molecule has 1 aromatic heterocycles. The predicted molar refractivity (Wildman–Crippen MR) is 106 cm³/mol. The maximum absolute atomic E-state index is 12.7. The summed E-state index contributed by atoms with van der Waals surface area (Å²) in [6.07, 6.45) is 2.05. The highest BCUT2D eigenvalue weighted by Crippen LogP contribution is 2.20. The Morgan fingerprint density at radius 2 is 1.85 bits per heavy atom. The topological polar surface area (TPSA) is 49.3 Å². The van der Waals surface area contributed by atoms with Crippen LogP contribution < -0.4 is 4.90 Å². The van der Waals surface area contributed by atoms with E-state index in [2.05, 4.69) is 47.8 Å². The summed E-state index contributed by atoms with van der Waals surface area (Å²) in [6.45, 7) is 9.72. The molecule has 0 aliphatic rings. The Kier molecular flexibility index (Phi) is 7.13. The molecule has 1 heterocycles. The summed E-state index contributed by atoms with van der Waals surface area (Å²) in [5.41, 5.74) is 1.68. The van der Waals surface area contributed by atoms with Gasteiger partial charge in [0.25, 0.3) is 5.91 Å². The molecule has 1 aromatic carbocycles. The minimum absolute atomic E-state index is 0.0476. The lowest BCUT2D eigenvalue weighted by molar-refractivity contribution is 0.0787. The molecule has 26 heavy (non-hydrogen) atoms. The monoisotopic (exact) mass is 354 g/mol. The van der Waals surface area contributed by atoms with Crippen LogP contribution in [0, 0.1) is 6.92 Å². The zero-order valence-corrected chi connectivity index (χ0v) is 16.6. The van der Waals surface area contributed by atoms with Crippen LogP contribution in [0.15, 0.2) is 36.4 Å². The summed E-state index contributed by atoms with van der Waals surface area (Å²) in [5.74, 6) is 1.37. The van der Waals surface area contributed by atoms with Crippen LogP contribution in [-0.4, -0.2) is 40.4 Å². The maximum atomic E-state index is 12.7. The van der Waals surface area contributed by atoms with Crippen molar-refractivity contribution in [3.8, 4) is 0 Å². The van der Waals surface area contributed by atoms with Crippen molar-refractivity contribution < 1.29 is 4.79 Å². The molecule has 5 nitrogen and oxygen atoms in total. The van der Waals surface area contributed by atoms with Crippen molar-refractivity contribution in [1.29, 1.82) is 0 Å². The van der Waals surface area contributed by atoms with E-state index in [4.69, 9.17) is 0 Å². The van der Waals surface area contributed by atoms with Crippen LogP contribution in [-0.2, 0) is 6.54 Å². The van der Waals surface area contributed by atoms with Crippen LogP contribution in [0.3, 0.4) is 0 Å². The third kappa shape index (κ3) is 5.28. The van der Waals surface area contributed by atoms with Crippen LogP contribution in [0.5, 0.6) is 0 Å². The SMILES string of the molecule is CCCCN(C)C(=O)c1cc(N(Cc2ccccc2)C(C)C)nc(C)n1. The zero-order chi connectivity index (χ0) is 19.1. The highest BCUT2D eigenvalue weighted by atomic mass is 16.2. The van der Waals surface area contributed by atoms with Gasteiger partial charge in [-0.05, 0) is 32.8 Å². The molecule has 1 amide bonds. The van der Waals surface area contributed by atoms with Crippen LogP contribution in [0.4, 0.5) is 5.82 Å². The second-order valence-electron chi connectivity index (χ2n) is 6.95. The summed E-state index contributed by atoms with van der Waals surface area (Å²) in [5, 5.41) is 0. The maximum Gasteiger partial charge on any atom is 0.272 e. The minimum Gasteiger partial charge on any atom is -0.350 e. The first kappa shape index (κ1) is 19.9. The summed E-state index contributed by atoms with van der Waals surface area (Å²) in [7, 11) is 1.83. The van der Waals surface area contributed by atoms with Gasteiger partial charge in [-0.1, -0.05) is 43.7 Å². The van der Waals surface area contributed by atoms with E-state index in [0.717, 1.165) is 31.7 Å². The summed E-state index contributed by atoms with van der Waals surface area (Å²) in [4.78, 5) is 25.6. The van der Waals surface area contributed by atoms with E-state index in [1.165, 1.54) is 5.56 Å². The first-order chi connectivity index (χ1) is 12.4. The van der Waals surface area contributed by atoms with E-state index in [1.807, 2.05) is 38.2 Å². The molecule has 0 unspecified atom stereocenters. The molecule has 0 saturated carbocycles. The lowest BCUT2D eigenvalue weighted by atomic mass is 10.2. The van der Waals surface area contributed by atoms with Crippen molar-refractivity contribution in [2.45, 2.75) is 53.1 Å². The second kappa shape index (κ2) is 9.32. The molecule has 0 spiro atoms. The number of hydrogen-bond donors (Lipinski definition) is 0. The Bertz CT molecular complexity index is 715. The summed E-state index contributed by atoms with van der Waals surface area (Å²) in [6, 6.07) is 12.4. The molecule has 0 radical (unpaired) electrons. The van der Waals surface area contributed by atoms with Gasteiger partial charge in [-0.25, -0.2) is 9.97 Å². The Labute approximate surface area is 157 Å². The van der Waals surface area contributed by atoms with Crippen LogP contribution >= 0.6 is 0 Å². The quantitative estimate of drug-likeness (QED) is 0.717. The number of anilines is 1. The molecule has 0 N–H and O–H groups in total. The van der Waals surface area contributed by atoms with Crippen LogP contribution in [0.1, 0.15) is 55.5 Å². The van der Waals surface area contributed by atoms with Gasteiger partial charge in [-0.2, -0.15) is 0 Å². The van der Waals surface area contributed by atoms with Crippen molar-refractivity contribution in [1.82, 2.24) is 14.9 Å². The predicted octanol–water partition coefficient (Wildman–Crippen LogP) is 4.07. The van der Waals surface area contributed by atoms with Crippen molar-refractivity contribution in [2.24, 2.45) is 0 Å². The fraction of sp³-hybridized carbons (Fsp3) is 0.476. The lowest BCUT2D eigenvalue weighted by Crippen LogP contribution is -2.33. The number of rotatable bonds is 8.